The van der Waals surface area contributed by atoms with Gasteiger partial charge in [0.2, 0.25) is 6.41 Å². The quantitative estimate of drug-likeness (QED) is 0.0365. The number of non-ortho nitro benzene ring substituents is 1. The van der Waals surface area contributed by atoms with Crippen LogP contribution in [0.15, 0.2) is 29.3 Å². The molecular formula is C25H32N6O6S2-2. The Hall–Kier alpha value is -3.10. The van der Waals surface area contributed by atoms with E-state index >= 15 is 0 Å². The summed E-state index contributed by atoms with van der Waals surface area (Å²) in [4.78, 5) is 48.4. The summed E-state index contributed by atoms with van der Waals surface area (Å²) >= 11 is 9.03. The van der Waals surface area contributed by atoms with Gasteiger partial charge in [-0.1, -0.05) is 0 Å². The van der Waals surface area contributed by atoms with E-state index in [1.165, 1.54) is 12.1 Å². The van der Waals surface area contributed by atoms with Gasteiger partial charge in [-0.3, -0.25) is 24.6 Å². The van der Waals surface area contributed by atoms with Gasteiger partial charge in [0.1, 0.15) is 5.82 Å². The summed E-state index contributed by atoms with van der Waals surface area (Å²) in [6, 6.07) is 6.45. The summed E-state index contributed by atoms with van der Waals surface area (Å²) in [5.74, 6) is 0.802. The van der Waals surface area contributed by atoms with Crippen molar-refractivity contribution in [2.45, 2.75) is 12.8 Å². The van der Waals surface area contributed by atoms with Crippen molar-refractivity contribution in [3.8, 4) is 0 Å². The Labute approximate surface area is 238 Å². The fraction of sp³-hybridized carbons (Fsp3) is 0.520. The number of pyridine rings is 1. The molecule has 14 heteroatoms. The molecular weight excluding hydrogens is 544 g/mol. The van der Waals surface area contributed by atoms with Gasteiger partial charge in [0.05, 0.1) is 23.6 Å². The van der Waals surface area contributed by atoms with Crippen molar-refractivity contribution in [2.75, 3.05) is 75.4 Å². The minimum atomic E-state index is -0.460. The highest BCUT2D eigenvalue weighted by atomic mass is 32.1. The van der Waals surface area contributed by atoms with Crippen LogP contribution in [0.25, 0.3) is 10.9 Å². The molecule has 1 aliphatic heterocycles. The highest BCUT2D eigenvalue weighted by molar-refractivity contribution is 7.80. The molecule has 0 aliphatic carbocycles. The van der Waals surface area contributed by atoms with Crippen molar-refractivity contribution in [3.05, 3.63) is 39.9 Å². The van der Waals surface area contributed by atoms with E-state index in [1.807, 2.05) is 6.07 Å². The Morgan fingerprint density at radius 1 is 1.26 bits per heavy atom. The molecule has 1 aliphatic rings. The molecule has 3 rings (SSSR count). The number of amides is 1. The predicted octanol–water partition coefficient (Wildman–Crippen LogP) is 0.435. The second kappa shape index (κ2) is 15.5. The lowest BCUT2D eigenvalue weighted by molar-refractivity contribution is -0.384. The Kier molecular flexibility index (Phi) is 12.1. The normalized spacial score (nSPS) is 14.2. The molecule has 2 heterocycles. The fourth-order valence-corrected chi connectivity index (χ4v) is 4.60. The van der Waals surface area contributed by atoms with Crippen molar-refractivity contribution < 1.29 is 24.4 Å². The van der Waals surface area contributed by atoms with Crippen LogP contribution in [0.5, 0.6) is 0 Å². The van der Waals surface area contributed by atoms with Crippen molar-refractivity contribution in [3.63, 3.8) is 0 Å². The zero-order chi connectivity index (χ0) is 28.2. The number of hydrogen-bond donors (Lipinski definition) is 1. The summed E-state index contributed by atoms with van der Waals surface area (Å²) in [5, 5.41) is 23.9. The number of anilines is 1. The van der Waals surface area contributed by atoms with Gasteiger partial charge in [-0.05, 0) is 43.0 Å². The molecule has 1 amide bonds. The number of thiol groups is 1. The van der Waals surface area contributed by atoms with Crippen LogP contribution >= 0.6 is 12.6 Å². The predicted molar refractivity (Wildman–Crippen MR) is 152 cm³/mol. The van der Waals surface area contributed by atoms with Crippen LogP contribution in [0.2, 0.25) is 0 Å². The summed E-state index contributed by atoms with van der Waals surface area (Å²) in [7, 11) is 0. The van der Waals surface area contributed by atoms with Crippen LogP contribution in [0, 0.1) is 10.1 Å². The number of aliphatic imine (C=N–C) groups is 1. The van der Waals surface area contributed by atoms with E-state index in [0.29, 0.717) is 74.5 Å². The van der Waals surface area contributed by atoms with Crippen molar-refractivity contribution >= 4 is 65.9 Å². The molecule has 0 saturated carbocycles. The maximum atomic E-state index is 12.4. The van der Waals surface area contributed by atoms with Crippen molar-refractivity contribution in [2.24, 2.45) is 4.99 Å². The van der Waals surface area contributed by atoms with E-state index in [1.54, 1.807) is 15.9 Å². The second-order valence-electron chi connectivity index (χ2n) is 8.97. The minimum absolute atomic E-state index is 0.00482. The fourth-order valence-electron chi connectivity index (χ4n) is 4.24. The summed E-state index contributed by atoms with van der Waals surface area (Å²) < 4.78 is 5.42. The molecule has 1 saturated heterocycles. The second-order valence-corrected chi connectivity index (χ2v) is 9.83. The van der Waals surface area contributed by atoms with Gasteiger partial charge < -0.3 is 37.3 Å². The smallest absolute Gasteiger partial charge is 0.320 e. The Morgan fingerprint density at radius 3 is 2.69 bits per heavy atom. The lowest BCUT2D eigenvalue weighted by atomic mass is 10.1. The number of benzene rings is 1. The first-order valence-electron chi connectivity index (χ1n) is 12.6. The molecule has 0 unspecified atom stereocenters. The van der Waals surface area contributed by atoms with Crippen LogP contribution in [-0.2, 0) is 33.4 Å². The molecule has 0 spiro atoms. The largest absolute Gasteiger partial charge is 0.861 e. The standard InChI is InChI=1S/C25H34N6O6S2/c32-18-28-6-8-30(9-7-28)25-19(14-20-15-21(31(35)36)3-4-22(20)27-25)2-1-11-37-24(34)17-29(10-13-39)16-23(33)26-5-12-38/h3-4,14-15,18,38-39H,1-2,5-13,16-17H2,(H,26,33)/p-2. The third kappa shape index (κ3) is 9.25. The number of hydrogen-bond acceptors (Lipinski definition) is 12. The number of ether oxygens (including phenoxy) is 1. The number of carbonyl (C=O) groups is 2. The number of nitrogens with zero attached hydrogens (tertiary/aromatic N) is 6. The molecule has 1 fully saturated rings. The molecule has 0 N–H and O–H groups in total. The van der Waals surface area contributed by atoms with Gasteiger partial charge in [-0.2, -0.15) is 18.4 Å². The van der Waals surface area contributed by atoms with Gasteiger partial charge in [0.25, 0.3) is 5.69 Å². The highest BCUT2D eigenvalue weighted by Gasteiger charge is 2.21. The van der Waals surface area contributed by atoms with Crippen LogP contribution in [-0.4, -0.2) is 108 Å². The van der Waals surface area contributed by atoms with Gasteiger partial charge in [-0.15, -0.1) is 0 Å². The summed E-state index contributed by atoms with van der Waals surface area (Å²) in [6.07, 6.45) is 1.87. The Balaban J connectivity index is 1.65. The first-order valence-corrected chi connectivity index (χ1v) is 13.8. The van der Waals surface area contributed by atoms with Crippen LogP contribution in [0.4, 0.5) is 11.5 Å². The Bertz CT molecular complexity index is 1180. The highest BCUT2D eigenvalue weighted by Crippen LogP contribution is 2.28. The maximum Gasteiger partial charge on any atom is 0.320 e. The van der Waals surface area contributed by atoms with Crippen LogP contribution in [0.1, 0.15) is 12.0 Å². The average molecular weight is 577 g/mol. The first-order chi connectivity index (χ1) is 18.8. The zero-order valence-electron chi connectivity index (χ0n) is 21.6. The van der Waals surface area contributed by atoms with E-state index in [0.717, 1.165) is 17.8 Å². The van der Waals surface area contributed by atoms with E-state index < -0.39 is 10.9 Å². The van der Waals surface area contributed by atoms with Gasteiger partial charge >= 0.3 is 5.97 Å². The summed E-state index contributed by atoms with van der Waals surface area (Å²) in [6.45, 7) is 3.18. The first kappa shape index (κ1) is 30.4. The molecule has 1 aromatic heterocycles. The lowest BCUT2D eigenvalue weighted by Gasteiger charge is -2.34. The number of aromatic nitrogens is 1. The lowest BCUT2D eigenvalue weighted by Crippen LogP contribution is -2.46. The van der Waals surface area contributed by atoms with E-state index in [4.69, 9.17) is 22.3 Å². The van der Waals surface area contributed by atoms with Crippen LogP contribution < -0.4 is 10.0 Å². The number of nitro groups is 1. The van der Waals surface area contributed by atoms with Gasteiger partial charge in [-0.25, -0.2) is 4.98 Å². The molecule has 0 radical (unpaired) electrons. The SMILES string of the molecule is O=CN1CCN(c2nc3ccc([N+](=O)[O-])cc3cc2CCCOC(=O)CN(CC[S-])CC([O-])=NCCS)CC1. The molecule has 212 valence electrons. The molecule has 39 heavy (non-hydrogen) atoms. The van der Waals surface area contributed by atoms with E-state index in [9.17, 15) is 24.8 Å². The van der Waals surface area contributed by atoms with Gasteiger partial charge in [0.15, 0.2) is 0 Å². The number of esters is 1. The monoisotopic (exact) mass is 576 g/mol. The number of aryl methyl sites for hydroxylation is 1. The number of fused-ring (bicyclic) bond motifs is 1. The molecule has 0 bridgehead atoms. The maximum absolute atomic E-state index is 12.4. The third-order valence-electron chi connectivity index (χ3n) is 6.19. The zero-order valence-corrected chi connectivity index (χ0v) is 23.3. The number of nitro benzene ring substituents is 1. The van der Waals surface area contributed by atoms with Crippen molar-refractivity contribution in [1.29, 1.82) is 0 Å². The molecule has 1 aromatic carbocycles. The Morgan fingerprint density at radius 2 is 2.03 bits per heavy atom. The topological polar surface area (TPSA) is 145 Å². The molecule has 2 aromatic rings. The summed E-state index contributed by atoms with van der Waals surface area (Å²) in [5.41, 5.74) is 1.50. The minimum Gasteiger partial charge on any atom is -0.861 e. The van der Waals surface area contributed by atoms with E-state index in [-0.39, 0.29) is 31.3 Å². The number of carbonyl (C=O) groups excluding carboxylic acids is 2. The number of piperazine rings is 1. The van der Waals surface area contributed by atoms with E-state index in [2.05, 4.69) is 22.5 Å². The van der Waals surface area contributed by atoms with Gasteiger partial charge in [0, 0.05) is 62.5 Å². The number of rotatable bonds is 15. The molecule has 0 atom stereocenters. The molecule has 12 nitrogen and oxygen atoms in total. The third-order valence-corrected chi connectivity index (χ3v) is 6.57. The average Bonchev–Trinajstić information content (AvgIpc) is 2.93. The van der Waals surface area contributed by atoms with Crippen molar-refractivity contribution in [1.82, 2.24) is 14.8 Å². The van der Waals surface area contributed by atoms with Crippen LogP contribution in [0.3, 0.4) is 0 Å².